The smallest absolute Gasteiger partial charge is 0.350 e. The van der Waals surface area contributed by atoms with Gasteiger partial charge in [-0.15, -0.1) is 0 Å². The van der Waals surface area contributed by atoms with Crippen molar-refractivity contribution in [3.8, 4) is 0 Å². The minimum absolute atomic E-state index is 0.300. The number of ether oxygens (including phenoxy) is 1. The van der Waals surface area contributed by atoms with Gasteiger partial charge in [-0.05, 0) is 0 Å². The number of carbonyl (C=O) groups excluding carboxylic acids is 3. The molecule has 2 aromatic rings. The third kappa shape index (κ3) is 3.12. The molecule has 8 nitrogen and oxygen atoms in total. The number of ketones is 2. The van der Waals surface area contributed by atoms with Crippen LogP contribution in [0.4, 0.5) is 0 Å². The zero-order valence-corrected chi connectivity index (χ0v) is 14.2. The number of hydrogen-bond donors (Lipinski definition) is 3. The number of carboxylic acid groups (broad SMARTS) is 1. The molecular weight excluding hydrogens is 356 g/mol. The maximum atomic E-state index is 12.8. The number of aliphatic hydroxyl groups is 2. The predicted molar refractivity (Wildman–Crippen MR) is 91.1 cm³/mol. The first-order chi connectivity index (χ1) is 12.7. The van der Waals surface area contributed by atoms with Gasteiger partial charge in [0.1, 0.15) is 0 Å². The van der Waals surface area contributed by atoms with Gasteiger partial charge in [-0.25, -0.2) is 9.59 Å². The summed E-state index contributed by atoms with van der Waals surface area (Å²) < 4.78 is 4.36. The van der Waals surface area contributed by atoms with Gasteiger partial charge in [-0.3, -0.25) is 9.59 Å². The molecule has 0 spiro atoms. The van der Waals surface area contributed by atoms with Gasteiger partial charge in [0.25, 0.3) is 11.2 Å². The standard InChI is InChI=1S/C19H16O8/c1-27-17(24)19(26,15(21)13-10-6-3-7-11-13)18(25,16(22)23)14(20)12-8-4-2-5-9-12/h2-11,25-26H,1H3,(H,22,23). The van der Waals surface area contributed by atoms with Crippen LogP contribution in [0.1, 0.15) is 20.7 Å². The van der Waals surface area contributed by atoms with Crippen LogP contribution >= 0.6 is 0 Å². The third-order valence-electron chi connectivity index (χ3n) is 4.04. The largest absolute Gasteiger partial charge is 0.479 e. The Balaban J connectivity index is 2.74. The third-order valence-corrected chi connectivity index (χ3v) is 4.04. The summed E-state index contributed by atoms with van der Waals surface area (Å²) in [5, 5.41) is 31.1. The molecule has 8 heteroatoms. The Hall–Kier alpha value is -3.36. The number of esters is 1. The number of carboxylic acids is 1. The quantitative estimate of drug-likeness (QED) is 0.362. The molecule has 2 aromatic carbocycles. The summed E-state index contributed by atoms with van der Waals surface area (Å²) in [6, 6.07) is 13.3. The molecule has 2 unspecified atom stereocenters. The van der Waals surface area contributed by atoms with Gasteiger partial charge in [-0.2, -0.15) is 0 Å². The molecule has 0 aliphatic heterocycles. The molecule has 0 aliphatic carbocycles. The van der Waals surface area contributed by atoms with Crippen molar-refractivity contribution in [3.05, 3.63) is 71.8 Å². The van der Waals surface area contributed by atoms with Crippen molar-refractivity contribution in [1.29, 1.82) is 0 Å². The first kappa shape index (κ1) is 20.0. The van der Waals surface area contributed by atoms with Crippen molar-refractivity contribution in [3.63, 3.8) is 0 Å². The molecule has 0 aliphatic rings. The Bertz CT molecular complexity index is 877. The average Bonchev–Trinajstić information content (AvgIpc) is 2.71. The second kappa shape index (κ2) is 7.48. The summed E-state index contributed by atoms with van der Waals surface area (Å²) in [5.74, 6) is -7.11. The number of aliphatic carboxylic acids is 1. The van der Waals surface area contributed by atoms with Crippen molar-refractivity contribution in [2.45, 2.75) is 11.2 Å². The van der Waals surface area contributed by atoms with Gasteiger partial charge in [0.05, 0.1) is 7.11 Å². The van der Waals surface area contributed by atoms with Crippen molar-refractivity contribution in [2.24, 2.45) is 0 Å². The van der Waals surface area contributed by atoms with E-state index >= 15 is 0 Å². The highest BCUT2D eigenvalue weighted by Gasteiger charge is 2.70. The molecule has 0 heterocycles. The molecule has 0 saturated heterocycles. The molecule has 3 N–H and O–H groups in total. The predicted octanol–water partition coefficient (Wildman–Crippen LogP) is 0.472. The van der Waals surface area contributed by atoms with Crippen molar-refractivity contribution in [1.82, 2.24) is 0 Å². The van der Waals surface area contributed by atoms with Crippen LogP contribution in [-0.4, -0.2) is 57.1 Å². The minimum Gasteiger partial charge on any atom is -0.479 e. The highest BCUT2D eigenvalue weighted by molar-refractivity contribution is 6.28. The van der Waals surface area contributed by atoms with Gasteiger partial charge in [-0.1, -0.05) is 60.7 Å². The minimum atomic E-state index is -3.83. The molecule has 27 heavy (non-hydrogen) atoms. The molecule has 2 atom stereocenters. The maximum absolute atomic E-state index is 12.8. The number of Topliss-reactive ketones (excluding diaryl/α,β-unsaturated/α-hetero) is 2. The highest BCUT2D eigenvalue weighted by atomic mass is 16.5. The second-order valence-corrected chi connectivity index (χ2v) is 5.61. The van der Waals surface area contributed by atoms with E-state index in [9.17, 15) is 34.5 Å². The van der Waals surface area contributed by atoms with E-state index in [1.165, 1.54) is 60.7 Å². The lowest BCUT2D eigenvalue weighted by atomic mass is 9.73. The first-order valence-electron chi connectivity index (χ1n) is 7.67. The summed E-state index contributed by atoms with van der Waals surface area (Å²) in [6.07, 6.45) is 0. The average molecular weight is 372 g/mol. The van der Waals surface area contributed by atoms with Crippen LogP contribution in [0.15, 0.2) is 60.7 Å². The van der Waals surface area contributed by atoms with Crippen LogP contribution in [0.2, 0.25) is 0 Å². The molecule has 140 valence electrons. The van der Waals surface area contributed by atoms with Crippen LogP contribution in [0.5, 0.6) is 0 Å². The molecule has 0 aromatic heterocycles. The molecule has 0 bridgehead atoms. The van der Waals surface area contributed by atoms with Gasteiger partial charge >= 0.3 is 11.9 Å². The van der Waals surface area contributed by atoms with Crippen LogP contribution in [-0.2, 0) is 14.3 Å². The van der Waals surface area contributed by atoms with Gasteiger partial charge in [0, 0.05) is 11.1 Å². The van der Waals surface area contributed by atoms with Crippen molar-refractivity contribution < 1.29 is 39.2 Å². The zero-order chi connectivity index (χ0) is 20.2. The number of hydrogen-bond acceptors (Lipinski definition) is 7. The Kier molecular flexibility index (Phi) is 5.53. The SMILES string of the molecule is COC(=O)C(O)(C(=O)c1ccccc1)C(O)(C(=O)O)C(=O)c1ccccc1. The Labute approximate surface area is 153 Å². The van der Waals surface area contributed by atoms with E-state index in [-0.39, 0.29) is 11.1 Å². The van der Waals surface area contributed by atoms with Gasteiger partial charge in [0.2, 0.25) is 11.6 Å². The number of rotatable bonds is 7. The number of methoxy groups -OCH3 is 1. The Morgan fingerprint density at radius 1 is 0.741 bits per heavy atom. The Morgan fingerprint density at radius 2 is 1.11 bits per heavy atom. The van der Waals surface area contributed by atoms with E-state index in [1.807, 2.05) is 0 Å². The Morgan fingerprint density at radius 3 is 1.44 bits per heavy atom. The molecular formula is C19H16O8. The fourth-order valence-corrected chi connectivity index (χ4v) is 2.57. The van der Waals surface area contributed by atoms with Crippen molar-refractivity contribution >= 4 is 23.5 Å². The molecule has 2 rings (SSSR count). The molecule has 0 radical (unpaired) electrons. The normalized spacial score (nSPS) is 15.1. The van der Waals surface area contributed by atoms with E-state index in [2.05, 4.69) is 4.74 Å². The highest BCUT2D eigenvalue weighted by Crippen LogP contribution is 2.32. The van der Waals surface area contributed by atoms with E-state index in [0.717, 1.165) is 7.11 Å². The summed E-state index contributed by atoms with van der Waals surface area (Å²) in [4.78, 5) is 49.7. The lowest BCUT2D eigenvalue weighted by Crippen LogP contribution is -2.71. The number of benzene rings is 2. The van der Waals surface area contributed by atoms with Crippen LogP contribution in [0.25, 0.3) is 0 Å². The van der Waals surface area contributed by atoms with E-state index in [0.29, 0.717) is 0 Å². The maximum Gasteiger partial charge on any atom is 0.350 e. The summed E-state index contributed by atoms with van der Waals surface area (Å²) in [6.45, 7) is 0. The van der Waals surface area contributed by atoms with Gasteiger partial charge in [0.15, 0.2) is 0 Å². The monoisotopic (exact) mass is 372 g/mol. The first-order valence-corrected chi connectivity index (χ1v) is 7.67. The zero-order valence-electron chi connectivity index (χ0n) is 14.2. The molecule has 0 fully saturated rings. The van der Waals surface area contributed by atoms with E-state index in [1.54, 1.807) is 0 Å². The second-order valence-electron chi connectivity index (χ2n) is 5.61. The van der Waals surface area contributed by atoms with Gasteiger partial charge < -0.3 is 20.1 Å². The van der Waals surface area contributed by atoms with Crippen LogP contribution in [0, 0.1) is 0 Å². The van der Waals surface area contributed by atoms with Crippen LogP contribution in [0.3, 0.4) is 0 Å². The molecule has 0 saturated carbocycles. The summed E-state index contributed by atoms with van der Waals surface area (Å²) in [5.41, 5.74) is -8.17. The molecule has 0 amide bonds. The summed E-state index contributed by atoms with van der Waals surface area (Å²) >= 11 is 0. The fraction of sp³-hybridized carbons (Fsp3) is 0.158. The van der Waals surface area contributed by atoms with Crippen LogP contribution < -0.4 is 0 Å². The lowest BCUT2D eigenvalue weighted by molar-refractivity contribution is -0.189. The van der Waals surface area contributed by atoms with Crippen molar-refractivity contribution in [2.75, 3.05) is 7.11 Å². The topological polar surface area (TPSA) is 138 Å². The summed E-state index contributed by atoms with van der Waals surface area (Å²) in [7, 11) is 0.779. The lowest BCUT2D eigenvalue weighted by Gasteiger charge is -2.35. The number of carbonyl (C=O) groups is 4. The van der Waals surface area contributed by atoms with E-state index < -0.39 is 34.7 Å². The van der Waals surface area contributed by atoms with E-state index in [4.69, 9.17) is 0 Å². The fourth-order valence-electron chi connectivity index (χ4n) is 2.57.